The van der Waals surface area contributed by atoms with Gasteiger partial charge in [-0.05, 0) is 43.7 Å². The summed E-state index contributed by atoms with van der Waals surface area (Å²) >= 11 is 0. The van der Waals surface area contributed by atoms with E-state index in [2.05, 4.69) is 12.0 Å². The van der Waals surface area contributed by atoms with Gasteiger partial charge < -0.3 is 9.84 Å². The molecule has 0 aliphatic heterocycles. The monoisotopic (exact) mass is 230 g/mol. The fraction of sp³-hybridized carbons (Fsp3) is 0.467. The lowest BCUT2D eigenvalue weighted by atomic mass is 9.96. The lowest BCUT2D eigenvalue weighted by molar-refractivity contribution is 0.0842. The minimum absolute atomic E-state index is 0.720. The van der Waals surface area contributed by atoms with Gasteiger partial charge in [-0.25, -0.2) is 0 Å². The van der Waals surface area contributed by atoms with Crippen molar-refractivity contribution in [3.63, 3.8) is 0 Å². The summed E-state index contributed by atoms with van der Waals surface area (Å²) < 4.78 is 5.29. The summed E-state index contributed by atoms with van der Waals surface area (Å²) in [5.74, 6) is 3.59. The van der Waals surface area contributed by atoms with Crippen molar-refractivity contribution >= 4 is 0 Å². The predicted octanol–water partition coefficient (Wildman–Crippen LogP) is 3.11. The van der Waals surface area contributed by atoms with E-state index in [0.717, 1.165) is 31.4 Å². The molecule has 1 aromatic carbocycles. The van der Waals surface area contributed by atoms with Gasteiger partial charge in [0.1, 0.15) is 17.5 Å². The van der Waals surface area contributed by atoms with Gasteiger partial charge in [0.25, 0.3) is 0 Å². The Labute approximate surface area is 103 Å². The summed E-state index contributed by atoms with van der Waals surface area (Å²) in [6.07, 6.45) is 8.66. The molecule has 1 saturated carbocycles. The van der Waals surface area contributed by atoms with Gasteiger partial charge in [-0.15, -0.1) is 0 Å². The molecular formula is C15H18O2. The Hall–Kier alpha value is -1.46. The van der Waals surface area contributed by atoms with E-state index in [-0.39, 0.29) is 0 Å². The van der Waals surface area contributed by atoms with E-state index in [9.17, 15) is 5.11 Å². The van der Waals surface area contributed by atoms with E-state index in [1.807, 2.05) is 30.3 Å². The normalized spacial score (nSPS) is 18.6. The third-order valence-corrected chi connectivity index (χ3v) is 3.13. The highest BCUT2D eigenvalue weighted by molar-refractivity contribution is 5.24. The second-order valence-corrected chi connectivity index (χ2v) is 4.59. The van der Waals surface area contributed by atoms with Crippen molar-refractivity contribution in [2.45, 2.75) is 44.1 Å². The zero-order valence-electron chi connectivity index (χ0n) is 9.98. The van der Waals surface area contributed by atoms with Crippen LogP contribution in [-0.2, 0) is 0 Å². The Morgan fingerprint density at radius 2 is 1.65 bits per heavy atom. The third-order valence-electron chi connectivity index (χ3n) is 3.13. The molecule has 0 bridgehead atoms. The van der Waals surface area contributed by atoms with Crippen molar-refractivity contribution < 1.29 is 9.84 Å². The van der Waals surface area contributed by atoms with Crippen LogP contribution in [0.5, 0.6) is 5.75 Å². The molecule has 0 atom stereocenters. The molecule has 2 heteroatoms. The molecule has 0 saturated heterocycles. The Morgan fingerprint density at radius 3 is 2.29 bits per heavy atom. The number of benzene rings is 1. The molecule has 1 aliphatic rings. The molecule has 90 valence electrons. The third kappa shape index (κ3) is 3.80. The van der Waals surface area contributed by atoms with Gasteiger partial charge in [-0.2, -0.15) is 0 Å². The first-order chi connectivity index (χ1) is 8.29. The van der Waals surface area contributed by atoms with Crippen LogP contribution < -0.4 is 4.74 Å². The second kappa shape index (κ2) is 5.75. The van der Waals surface area contributed by atoms with Crippen LogP contribution in [0.25, 0.3) is 0 Å². The zero-order valence-corrected chi connectivity index (χ0v) is 9.98. The van der Waals surface area contributed by atoms with Crippen LogP contribution in [0.4, 0.5) is 0 Å². The summed E-state index contributed by atoms with van der Waals surface area (Å²) in [7, 11) is 0. The maximum absolute atomic E-state index is 10.3. The summed E-state index contributed by atoms with van der Waals surface area (Å²) in [5, 5.41) is 10.3. The molecule has 0 unspecified atom stereocenters. The van der Waals surface area contributed by atoms with Gasteiger partial charge in [-0.1, -0.05) is 31.0 Å². The van der Waals surface area contributed by atoms with Crippen LogP contribution in [0.3, 0.4) is 0 Å². The summed E-state index contributed by atoms with van der Waals surface area (Å²) in [4.78, 5) is 0. The molecule has 2 nitrogen and oxygen atoms in total. The van der Waals surface area contributed by atoms with E-state index < -0.39 is 5.60 Å². The maximum atomic E-state index is 10.3. The highest BCUT2D eigenvalue weighted by atomic mass is 16.5. The standard InChI is InChI=1S/C15H18O2/c16-15(10-6-1-2-7-11-15)12-13-17-14-8-4-3-5-9-14/h3-5,8-9,16H,1-2,6-7,10-11H2. The highest BCUT2D eigenvalue weighted by Gasteiger charge is 2.25. The molecule has 1 aliphatic carbocycles. The van der Waals surface area contributed by atoms with Gasteiger partial charge in [0.05, 0.1) is 0 Å². The number of hydrogen-bond donors (Lipinski definition) is 1. The van der Waals surface area contributed by atoms with Crippen molar-refractivity contribution in [1.29, 1.82) is 0 Å². The molecule has 1 fully saturated rings. The van der Waals surface area contributed by atoms with Crippen LogP contribution >= 0.6 is 0 Å². The zero-order chi connectivity index (χ0) is 12.0. The molecule has 1 aromatic rings. The molecule has 17 heavy (non-hydrogen) atoms. The predicted molar refractivity (Wildman–Crippen MR) is 67.5 cm³/mol. The number of rotatable bonds is 1. The molecule has 0 aromatic heterocycles. The Morgan fingerprint density at radius 1 is 1.00 bits per heavy atom. The summed E-state index contributed by atoms with van der Waals surface area (Å²) in [6.45, 7) is 0. The van der Waals surface area contributed by atoms with Crippen LogP contribution in [0.1, 0.15) is 38.5 Å². The van der Waals surface area contributed by atoms with Crippen LogP contribution in [-0.4, -0.2) is 10.7 Å². The van der Waals surface area contributed by atoms with Crippen LogP contribution in [0.15, 0.2) is 30.3 Å². The smallest absolute Gasteiger partial charge is 0.140 e. The first-order valence-corrected chi connectivity index (χ1v) is 6.25. The van der Waals surface area contributed by atoms with Crippen molar-refractivity contribution in [2.24, 2.45) is 0 Å². The second-order valence-electron chi connectivity index (χ2n) is 4.59. The minimum Gasteiger partial charge on any atom is -0.407 e. The number of aliphatic hydroxyl groups is 1. The van der Waals surface area contributed by atoms with Crippen molar-refractivity contribution in [3.05, 3.63) is 30.3 Å². The molecule has 0 spiro atoms. The van der Waals surface area contributed by atoms with Gasteiger partial charge in [0, 0.05) is 0 Å². The van der Waals surface area contributed by atoms with Gasteiger partial charge in [-0.3, -0.25) is 0 Å². The number of para-hydroxylation sites is 1. The average molecular weight is 230 g/mol. The molecule has 2 rings (SSSR count). The van der Waals surface area contributed by atoms with Crippen molar-refractivity contribution in [1.82, 2.24) is 0 Å². The SMILES string of the molecule is OC1(C#COc2ccccc2)CCCCCC1. The quantitative estimate of drug-likeness (QED) is 0.593. The minimum atomic E-state index is -0.842. The lowest BCUT2D eigenvalue weighted by Crippen LogP contribution is -2.25. The van der Waals surface area contributed by atoms with Gasteiger partial charge >= 0.3 is 0 Å². The van der Waals surface area contributed by atoms with E-state index in [1.54, 1.807) is 0 Å². The first kappa shape index (κ1) is 12.0. The molecular weight excluding hydrogens is 212 g/mol. The summed E-state index contributed by atoms with van der Waals surface area (Å²) in [5.41, 5.74) is -0.842. The van der Waals surface area contributed by atoms with Gasteiger partial charge in [0.15, 0.2) is 0 Å². The van der Waals surface area contributed by atoms with E-state index in [1.165, 1.54) is 12.8 Å². The fourth-order valence-corrected chi connectivity index (χ4v) is 2.11. The Balaban J connectivity index is 1.95. The largest absolute Gasteiger partial charge is 0.407 e. The Bertz CT molecular complexity index is 392. The molecule has 0 radical (unpaired) electrons. The van der Waals surface area contributed by atoms with Crippen molar-refractivity contribution in [2.75, 3.05) is 0 Å². The first-order valence-electron chi connectivity index (χ1n) is 6.25. The van der Waals surface area contributed by atoms with E-state index >= 15 is 0 Å². The van der Waals surface area contributed by atoms with E-state index in [0.29, 0.717) is 0 Å². The maximum Gasteiger partial charge on any atom is 0.140 e. The average Bonchev–Trinajstić information content (AvgIpc) is 2.56. The topological polar surface area (TPSA) is 29.5 Å². The number of ether oxygens (including phenoxy) is 1. The summed E-state index contributed by atoms with van der Waals surface area (Å²) in [6, 6.07) is 9.44. The number of hydrogen-bond acceptors (Lipinski definition) is 2. The van der Waals surface area contributed by atoms with Crippen LogP contribution in [0.2, 0.25) is 0 Å². The Kier molecular flexibility index (Phi) is 4.06. The molecule has 1 N–H and O–H groups in total. The van der Waals surface area contributed by atoms with E-state index in [4.69, 9.17) is 4.74 Å². The van der Waals surface area contributed by atoms with Crippen molar-refractivity contribution in [3.8, 4) is 17.8 Å². The molecule has 0 amide bonds. The van der Waals surface area contributed by atoms with Gasteiger partial charge in [0.2, 0.25) is 0 Å². The molecule has 0 heterocycles. The van der Waals surface area contributed by atoms with Crippen LogP contribution in [0, 0.1) is 12.0 Å². The lowest BCUT2D eigenvalue weighted by Gasteiger charge is -2.18. The fourth-order valence-electron chi connectivity index (χ4n) is 2.11. The highest BCUT2D eigenvalue weighted by Crippen LogP contribution is 2.26.